The highest BCUT2D eigenvalue weighted by Gasteiger charge is 2.05. The highest BCUT2D eigenvalue weighted by molar-refractivity contribution is 5.79. The number of nitrogens with zero attached hydrogens (tertiary/aromatic N) is 2. The lowest BCUT2D eigenvalue weighted by molar-refractivity contribution is 0.410. The molecule has 0 aliphatic rings. The van der Waals surface area contributed by atoms with Gasteiger partial charge in [0.25, 0.3) is 0 Å². The fourth-order valence-electron chi connectivity index (χ4n) is 2.73. The second-order valence-corrected chi connectivity index (χ2v) is 5.66. The normalized spacial score (nSPS) is 10.9. The Morgan fingerprint density at radius 1 is 1.17 bits per heavy atom. The summed E-state index contributed by atoms with van der Waals surface area (Å²) in [5.74, 6) is 0.907. The van der Waals surface area contributed by atoms with Crippen LogP contribution in [0.3, 0.4) is 0 Å². The predicted octanol–water partition coefficient (Wildman–Crippen LogP) is 4.46. The molecule has 0 bridgehead atoms. The first-order chi connectivity index (χ1) is 11.3. The summed E-state index contributed by atoms with van der Waals surface area (Å²) in [6.07, 6.45) is 4.31. The van der Waals surface area contributed by atoms with Gasteiger partial charge in [0.2, 0.25) is 0 Å². The number of fused-ring (bicyclic) bond motifs is 1. The standard InChI is InChI=1S/C19H23N3O/c1-3-4-11-22-14-21-17-12-16(9-10-18(17)22)20-13-15-7-5-6-8-19(15)23-2/h5-10,12,14,20H,3-4,11,13H2,1-2H3. The molecule has 120 valence electrons. The van der Waals surface area contributed by atoms with Crippen LogP contribution < -0.4 is 10.1 Å². The Morgan fingerprint density at radius 3 is 2.87 bits per heavy atom. The molecule has 0 atom stereocenters. The first-order valence-corrected chi connectivity index (χ1v) is 8.12. The van der Waals surface area contributed by atoms with Crippen LogP contribution in [0, 0.1) is 0 Å². The van der Waals surface area contributed by atoms with Crippen molar-refractivity contribution >= 4 is 16.7 Å². The van der Waals surface area contributed by atoms with Gasteiger partial charge in [-0.15, -0.1) is 0 Å². The number of para-hydroxylation sites is 1. The molecule has 4 heteroatoms. The van der Waals surface area contributed by atoms with E-state index in [-0.39, 0.29) is 0 Å². The van der Waals surface area contributed by atoms with Gasteiger partial charge in [0.1, 0.15) is 5.75 Å². The zero-order chi connectivity index (χ0) is 16.1. The first kappa shape index (κ1) is 15.4. The second-order valence-electron chi connectivity index (χ2n) is 5.66. The van der Waals surface area contributed by atoms with Gasteiger partial charge in [-0.3, -0.25) is 0 Å². The van der Waals surface area contributed by atoms with Crippen LogP contribution in [-0.4, -0.2) is 16.7 Å². The smallest absolute Gasteiger partial charge is 0.123 e. The van der Waals surface area contributed by atoms with E-state index in [9.17, 15) is 0 Å². The number of ether oxygens (including phenoxy) is 1. The molecule has 4 nitrogen and oxygen atoms in total. The van der Waals surface area contributed by atoms with Crippen LogP contribution in [0.2, 0.25) is 0 Å². The van der Waals surface area contributed by atoms with Crippen LogP contribution >= 0.6 is 0 Å². The number of aryl methyl sites for hydroxylation is 1. The maximum absolute atomic E-state index is 5.39. The van der Waals surface area contributed by atoms with Gasteiger partial charge in [-0.1, -0.05) is 31.5 Å². The SMILES string of the molecule is CCCCn1cnc2cc(NCc3ccccc3OC)ccc21. The van der Waals surface area contributed by atoms with E-state index in [1.807, 2.05) is 24.5 Å². The van der Waals surface area contributed by atoms with Gasteiger partial charge in [-0.05, 0) is 30.7 Å². The molecule has 1 heterocycles. The minimum absolute atomic E-state index is 0.728. The van der Waals surface area contributed by atoms with Crippen LogP contribution in [0.4, 0.5) is 5.69 Å². The molecule has 3 aromatic rings. The van der Waals surface area contributed by atoms with Crippen LogP contribution in [0.25, 0.3) is 11.0 Å². The van der Waals surface area contributed by atoms with Crippen molar-refractivity contribution in [2.75, 3.05) is 12.4 Å². The van der Waals surface area contributed by atoms with Gasteiger partial charge in [0, 0.05) is 24.3 Å². The zero-order valence-electron chi connectivity index (χ0n) is 13.7. The van der Waals surface area contributed by atoms with Crippen LogP contribution in [0.1, 0.15) is 25.3 Å². The summed E-state index contributed by atoms with van der Waals surface area (Å²) in [4.78, 5) is 4.52. The number of unbranched alkanes of at least 4 members (excludes halogenated alkanes) is 1. The molecule has 0 saturated heterocycles. The van der Waals surface area contributed by atoms with E-state index in [4.69, 9.17) is 4.74 Å². The Labute approximate surface area is 137 Å². The van der Waals surface area contributed by atoms with Crippen molar-refractivity contribution in [3.63, 3.8) is 0 Å². The topological polar surface area (TPSA) is 39.1 Å². The largest absolute Gasteiger partial charge is 0.496 e. The maximum Gasteiger partial charge on any atom is 0.123 e. The molecular formula is C19H23N3O. The molecular weight excluding hydrogens is 286 g/mol. The lowest BCUT2D eigenvalue weighted by Gasteiger charge is -2.10. The average Bonchev–Trinajstić information content (AvgIpc) is 3.00. The van der Waals surface area contributed by atoms with Gasteiger partial charge >= 0.3 is 0 Å². The Bertz CT molecular complexity index is 779. The number of imidazole rings is 1. The van der Waals surface area contributed by atoms with Crippen molar-refractivity contribution in [3.8, 4) is 5.75 Å². The number of benzene rings is 2. The highest BCUT2D eigenvalue weighted by atomic mass is 16.5. The summed E-state index contributed by atoms with van der Waals surface area (Å²) in [6.45, 7) is 3.96. The van der Waals surface area contributed by atoms with Gasteiger partial charge in [-0.25, -0.2) is 4.98 Å². The van der Waals surface area contributed by atoms with Crippen molar-refractivity contribution in [2.45, 2.75) is 32.9 Å². The van der Waals surface area contributed by atoms with Crippen LogP contribution in [0.15, 0.2) is 48.8 Å². The molecule has 23 heavy (non-hydrogen) atoms. The lowest BCUT2D eigenvalue weighted by Crippen LogP contribution is -2.01. The lowest BCUT2D eigenvalue weighted by atomic mass is 10.2. The molecule has 0 aliphatic heterocycles. The molecule has 0 radical (unpaired) electrons. The maximum atomic E-state index is 5.39. The Hall–Kier alpha value is -2.49. The first-order valence-electron chi connectivity index (χ1n) is 8.12. The van der Waals surface area contributed by atoms with E-state index in [2.05, 4.69) is 46.1 Å². The van der Waals surface area contributed by atoms with E-state index in [0.29, 0.717) is 0 Å². The number of anilines is 1. The van der Waals surface area contributed by atoms with Gasteiger partial charge in [-0.2, -0.15) is 0 Å². The van der Waals surface area contributed by atoms with Gasteiger partial charge < -0.3 is 14.6 Å². The van der Waals surface area contributed by atoms with E-state index >= 15 is 0 Å². The molecule has 1 aromatic heterocycles. The minimum atomic E-state index is 0.728. The molecule has 0 spiro atoms. The number of methoxy groups -OCH3 is 1. The van der Waals surface area contributed by atoms with Gasteiger partial charge in [0.15, 0.2) is 0 Å². The third-order valence-electron chi connectivity index (χ3n) is 4.05. The summed E-state index contributed by atoms with van der Waals surface area (Å²) in [7, 11) is 1.70. The van der Waals surface area contributed by atoms with Crippen LogP contribution in [-0.2, 0) is 13.1 Å². The highest BCUT2D eigenvalue weighted by Crippen LogP contribution is 2.22. The summed E-state index contributed by atoms with van der Waals surface area (Å²) in [6, 6.07) is 14.4. The number of nitrogens with one attached hydrogen (secondary N) is 1. The molecule has 0 amide bonds. The summed E-state index contributed by atoms with van der Waals surface area (Å²) < 4.78 is 7.61. The van der Waals surface area contributed by atoms with E-state index in [0.717, 1.165) is 35.6 Å². The van der Waals surface area contributed by atoms with Crippen molar-refractivity contribution in [2.24, 2.45) is 0 Å². The van der Waals surface area contributed by atoms with E-state index in [1.54, 1.807) is 7.11 Å². The van der Waals surface area contributed by atoms with Crippen molar-refractivity contribution in [3.05, 3.63) is 54.4 Å². The Morgan fingerprint density at radius 2 is 2.04 bits per heavy atom. The van der Waals surface area contributed by atoms with Gasteiger partial charge in [0.05, 0.1) is 24.5 Å². The van der Waals surface area contributed by atoms with Crippen molar-refractivity contribution < 1.29 is 4.74 Å². The molecule has 0 unspecified atom stereocenters. The Kier molecular flexibility index (Phi) is 4.81. The fraction of sp³-hybridized carbons (Fsp3) is 0.316. The van der Waals surface area contributed by atoms with Crippen molar-refractivity contribution in [1.82, 2.24) is 9.55 Å². The monoisotopic (exact) mass is 309 g/mol. The number of hydrogen-bond donors (Lipinski definition) is 1. The minimum Gasteiger partial charge on any atom is -0.496 e. The van der Waals surface area contributed by atoms with Crippen molar-refractivity contribution in [1.29, 1.82) is 0 Å². The molecule has 2 aromatic carbocycles. The molecule has 3 rings (SSSR count). The quantitative estimate of drug-likeness (QED) is 0.700. The molecule has 0 fully saturated rings. The third kappa shape index (κ3) is 3.47. The summed E-state index contributed by atoms with van der Waals surface area (Å²) in [5, 5.41) is 3.45. The molecule has 0 aliphatic carbocycles. The number of rotatable bonds is 7. The van der Waals surface area contributed by atoms with Crippen LogP contribution in [0.5, 0.6) is 5.75 Å². The second kappa shape index (κ2) is 7.18. The third-order valence-corrected chi connectivity index (χ3v) is 4.05. The average molecular weight is 309 g/mol. The number of aromatic nitrogens is 2. The molecule has 0 saturated carbocycles. The predicted molar refractivity (Wildman–Crippen MR) is 95.0 cm³/mol. The summed E-state index contributed by atoms with van der Waals surface area (Å²) in [5.41, 5.74) is 4.44. The summed E-state index contributed by atoms with van der Waals surface area (Å²) >= 11 is 0. The zero-order valence-corrected chi connectivity index (χ0v) is 13.7. The number of hydrogen-bond acceptors (Lipinski definition) is 3. The molecule has 1 N–H and O–H groups in total. The fourth-order valence-corrected chi connectivity index (χ4v) is 2.73. The van der Waals surface area contributed by atoms with E-state index in [1.165, 1.54) is 18.4 Å². The Balaban J connectivity index is 1.73. The van der Waals surface area contributed by atoms with E-state index < -0.39 is 0 Å².